The summed E-state index contributed by atoms with van der Waals surface area (Å²) >= 11 is 1.44. The molecule has 0 aromatic carbocycles. The van der Waals surface area contributed by atoms with E-state index in [4.69, 9.17) is 0 Å². The number of aromatic nitrogens is 3. The molecule has 0 unspecified atom stereocenters. The van der Waals surface area contributed by atoms with Crippen molar-refractivity contribution in [1.82, 2.24) is 19.9 Å². The zero-order chi connectivity index (χ0) is 16.5. The standard InChI is InChI=1S/C18H20N4OS/c1-12-16(24-11-21-12)18(23)22-6-3-13(4-7-22)8-14-9-15-2-5-19-17(15)20-10-14/h2,5,9-11,13H,3-4,6-8H2,1H3,(H,19,20). The number of hydrogen-bond donors (Lipinski definition) is 1. The van der Waals surface area contributed by atoms with Gasteiger partial charge in [0.15, 0.2) is 0 Å². The number of H-pyrrole nitrogens is 1. The minimum absolute atomic E-state index is 0.142. The van der Waals surface area contributed by atoms with E-state index in [0.717, 1.165) is 48.6 Å². The van der Waals surface area contributed by atoms with Gasteiger partial charge in [0.2, 0.25) is 0 Å². The summed E-state index contributed by atoms with van der Waals surface area (Å²) in [6, 6.07) is 4.28. The maximum Gasteiger partial charge on any atom is 0.265 e. The van der Waals surface area contributed by atoms with Crippen molar-refractivity contribution < 1.29 is 4.79 Å². The summed E-state index contributed by atoms with van der Waals surface area (Å²) in [5, 5.41) is 1.17. The molecule has 4 heterocycles. The highest BCUT2D eigenvalue weighted by Crippen LogP contribution is 2.25. The van der Waals surface area contributed by atoms with Crippen LogP contribution >= 0.6 is 11.3 Å². The number of thiazole rings is 1. The average Bonchev–Trinajstić information content (AvgIpc) is 3.23. The quantitative estimate of drug-likeness (QED) is 0.794. The Hall–Kier alpha value is -2.21. The first-order valence-electron chi connectivity index (χ1n) is 8.32. The van der Waals surface area contributed by atoms with Crippen LogP contribution in [0, 0.1) is 12.8 Å². The number of nitrogens with zero attached hydrogens (tertiary/aromatic N) is 3. The molecule has 24 heavy (non-hydrogen) atoms. The molecule has 1 aliphatic heterocycles. The Kier molecular flexibility index (Phi) is 4.06. The van der Waals surface area contributed by atoms with Gasteiger partial charge in [0.05, 0.1) is 11.2 Å². The topological polar surface area (TPSA) is 61.9 Å². The van der Waals surface area contributed by atoms with Gasteiger partial charge in [-0.25, -0.2) is 9.97 Å². The molecule has 5 nitrogen and oxygen atoms in total. The van der Waals surface area contributed by atoms with E-state index in [1.807, 2.05) is 24.2 Å². The van der Waals surface area contributed by atoms with Gasteiger partial charge in [-0.15, -0.1) is 11.3 Å². The molecule has 0 atom stereocenters. The van der Waals surface area contributed by atoms with Gasteiger partial charge in [0.1, 0.15) is 10.5 Å². The summed E-state index contributed by atoms with van der Waals surface area (Å²) in [6.07, 6.45) is 7.03. The Balaban J connectivity index is 1.37. The zero-order valence-corrected chi connectivity index (χ0v) is 14.5. The SMILES string of the molecule is Cc1ncsc1C(=O)N1CCC(Cc2cnc3[nH]ccc3c2)CC1. The van der Waals surface area contributed by atoms with Gasteiger partial charge in [-0.05, 0) is 49.8 Å². The van der Waals surface area contributed by atoms with E-state index in [2.05, 4.69) is 27.1 Å². The summed E-state index contributed by atoms with van der Waals surface area (Å²) in [7, 11) is 0. The third-order valence-electron chi connectivity index (χ3n) is 4.82. The molecule has 0 aliphatic carbocycles. The van der Waals surface area contributed by atoms with E-state index < -0.39 is 0 Å². The van der Waals surface area contributed by atoms with Crippen LogP contribution in [0.1, 0.15) is 33.8 Å². The lowest BCUT2D eigenvalue weighted by Crippen LogP contribution is -2.38. The van der Waals surface area contributed by atoms with Crippen LogP contribution in [-0.4, -0.2) is 38.8 Å². The molecule has 1 amide bonds. The van der Waals surface area contributed by atoms with Gasteiger partial charge in [0, 0.05) is 30.9 Å². The van der Waals surface area contributed by atoms with E-state index in [9.17, 15) is 4.79 Å². The normalized spacial score (nSPS) is 16.0. The summed E-state index contributed by atoms with van der Waals surface area (Å²) in [5.41, 5.74) is 4.82. The molecule has 0 spiro atoms. The van der Waals surface area contributed by atoms with E-state index >= 15 is 0 Å². The van der Waals surface area contributed by atoms with Crippen LogP contribution in [0.25, 0.3) is 11.0 Å². The van der Waals surface area contributed by atoms with Crippen molar-refractivity contribution >= 4 is 28.3 Å². The smallest absolute Gasteiger partial charge is 0.265 e. The molecule has 1 saturated heterocycles. The molecular formula is C18H20N4OS. The minimum Gasteiger partial charge on any atom is -0.346 e. The number of amides is 1. The second kappa shape index (κ2) is 6.36. The predicted octanol–water partition coefficient (Wildman–Crippen LogP) is 3.42. The lowest BCUT2D eigenvalue weighted by atomic mass is 9.90. The molecule has 0 saturated carbocycles. The molecule has 3 aromatic heterocycles. The van der Waals surface area contributed by atoms with Crippen LogP contribution < -0.4 is 0 Å². The molecule has 3 aromatic rings. The number of carbonyl (C=O) groups is 1. The van der Waals surface area contributed by atoms with Crippen LogP contribution in [0.4, 0.5) is 0 Å². The third kappa shape index (κ3) is 2.94. The number of aromatic amines is 1. The first kappa shape index (κ1) is 15.3. The Morgan fingerprint density at radius 3 is 2.96 bits per heavy atom. The van der Waals surface area contributed by atoms with Gasteiger partial charge >= 0.3 is 0 Å². The monoisotopic (exact) mass is 340 g/mol. The zero-order valence-electron chi connectivity index (χ0n) is 13.7. The van der Waals surface area contributed by atoms with Crippen molar-refractivity contribution in [2.24, 2.45) is 5.92 Å². The average molecular weight is 340 g/mol. The summed E-state index contributed by atoms with van der Waals surface area (Å²) < 4.78 is 0. The fourth-order valence-corrected chi connectivity index (χ4v) is 4.19. The van der Waals surface area contributed by atoms with Gasteiger partial charge in [0.25, 0.3) is 5.91 Å². The van der Waals surface area contributed by atoms with Crippen LogP contribution in [0.15, 0.2) is 30.0 Å². The van der Waals surface area contributed by atoms with Gasteiger partial charge in [-0.2, -0.15) is 0 Å². The molecule has 0 bridgehead atoms. The second-order valence-electron chi connectivity index (χ2n) is 6.47. The predicted molar refractivity (Wildman–Crippen MR) is 95.3 cm³/mol. The number of rotatable bonds is 3. The number of fused-ring (bicyclic) bond motifs is 1. The van der Waals surface area contributed by atoms with E-state index in [0.29, 0.717) is 5.92 Å². The highest BCUT2D eigenvalue weighted by Gasteiger charge is 2.25. The van der Waals surface area contributed by atoms with Crippen molar-refractivity contribution in [2.45, 2.75) is 26.2 Å². The molecule has 6 heteroatoms. The Bertz CT molecular complexity index is 861. The number of piperidine rings is 1. The third-order valence-corrected chi connectivity index (χ3v) is 5.74. The molecule has 1 aliphatic rings. The number of nitrogens with one attached hydrogen (secondary N) is 1. The van der Waals surface area contributed by atoms with Gasteiger partial charge in [-0.3, -0.25) is 4.79 Å². The number of hydrogen-bond acceptors (Lipinski definition) is 4. The Morgan fingerprint density at radius 2 is 2.21 bits per heavy atom. The molecule has 124 valence electrons. The fraction of sp³-hybridized carbons (Fsp3) is 0.389. The minimum atomic E-state index is 0.142. The largest absolute Gasteiger partial charge is 0.346 e. The molecule has 1 N–H and O–H groups in total. The number of aryl methyl sites for hydroxylation is 1. The van der Waals surface area contributed by atoms with E-state index in [1.165, 1.54) is 22.3 Å². The lowest BCUT2D eigenvalue weighted by Gasteiger charge is -2.31. The van der Waals surface area contributed by atoms with E-state index in [-0.39, 0.29) is 5.91 Å². The Labute approximate surface area is 144 Å². The summed E-state index contributed by atoms with van der Waals surface area (Å²) in [5.74, 6) is 0.763. The first-order valence-corrected chi connectivity index (χ1v) is 9.20. The van der Waals surface area contributed by atoms with Crippen molar-refractivity contribution in [2.75, 3.05) is 13.1 Å². The first-order chi connectivity index (χ1) is 11.7. The van der Waals surface area contributed by atoms with Crippen molar-refractivity contribution in [3.8, 4) is 0 Å². The second-order valence-corrected chi connectivity index (χ2v) is 7.32. The van der Waals surface area contributed by atoms with Crippen LogP contribution in [-0.2, 0) is 6.42 Å². The number of pyridine rings is 1. The fourth-order valence-electron chi connectivity index (χ4n) is 3.42. The molecule has 4 rings (SSSR count). The summed E-state index contributed by atoms with van der Waals surface area (Å²) in [6.45, 7) is 3.57. The highest BCUT2D eigenvalue weighted by atomic mass is 32.1. The van der Waals surface area contributed by atoms with E-state index in [1.54, 1.807) is 5.51 Å². The number of likely N-dealkylation sites (tertiary alicyclic amines) is 1. The van der Waals surface area contributed by atoms with Crippen molar-refractivity contribution in [1.29, 1.82) is 0 Å². The Morgan fingerprint density at radius 1 is 1.38 bits per heavy atom. The highest BCUT2D eigenvalue weighted by molar-refractivity contribution is 7.11. The summed E-state index contributed by atoms with van der Waals surface area (Å²) in [4.78, 5) is 27.1. The van der Waals surface area contributed by atoms with Crippen molar-refractivity contribution in [3.05, 3.63) is 46.2 Å². The molecular weight excluding hydrogens is 320 g/mol. The maximum atomic E-state index is 12.5. The maximum absolute atomic E-state index is 12.5. The van der Waals surface area contributed by atoms with Gasteiger partial charge in [-0.1, -0.05) is 0 Å². The molecule has 1 fully saturated rings. The van der Waals surface area contributed by atoms with Crippen molar-refractivity contribution in [3.63, 3.8) is 0 Å². The van der Waals surface area contributed by atoms with Crippen LogP contribution in [0.5, 0.6) is 0 Å². The number of carbonyl (C=O) groups excluding carboxylic acids is 1. The molecule has 0 radical (unpaired) electrons. The van der Waals surface area contributed by atoms with Crippen LogP contribution in [0.2, 0.25) is 0 Å². The van der Waals surface area contributed by atoms with Crippen LogP contribution in [0.3, 0.4) is 0 Å². The lowest BCUT2D eigenvalue weighted by molar-refractivity contribution is 0.0694. The van der Waals surface area contributed by atoms with Gasteiger partial charge < -0.3 is 9.88 Å².